The average Bonchev–Trinajstić information content (AvgIpc) is 3.28. The molecule has 0 fully saturated rings. The number of hydrogen-bond donors (Lipinski definition) is 0. The van der Waals surface area contributed by atoms with Crippen LogP contribution in [0.15, 0.2) is 75.3 Å². The molecule has 2 heterocycles. The molecule has 1 aliphatic rings. The molecule has 11 heteroatoms. The van der Waals surface area contributed by atoms with Gasteiger partial charge in [0.2, 0.25) is 5.82 Å². The molecule has 0 atom stereocenters. The normalized spacial score (nSPS) is 14.9. The lowest BCUT2D eigenvalue weighted by atomic mass is 10.2. The number of ether oxygens (including phenoxy) is 2. The fourth-order valence-corrected chi connectivity index (χ4v) is 4.22. The van der Waals surface area contributed by atoms with Crippen molar-refractivity contribution in [1.29, 1.82) is 0 Å². The van der Waals surface area contributed by atoms with E-state index in [0.717, 1.165) is 9.87 Å². The zero-order valence-electron chi connectivity index (χ0n) is 17.8. The molecule has 0 aliphatic carbocycles. The molecule has 170 valence electrons. The summed E-state index contributed by atoms with van der Waals surface area (Å²) in [5.74, 6) is 0.161. The van der Waals surface area contributed by atoms with Crippen LogP contribution in [-0.2, 0) is 32.9 Å². The van der Waals surface area contributed by atoms with Gasteiger partial charge in [-0.2, -0.15) is 13.4 Å². The molecule has 0 radical (unpaired) electrons. The molecule has 0 saturated heterocycles. The fourth-order valence-electron chi connectivity index (χ4n) is 3.12. The number of carbonyl (C=O) groups excluding carboxylic acids is 1. The lowest BCUT2D eigenvalue weighted by molar-refractivity contribution is -0.140. The highest BCUT2D eigenvalue weighted by molar-refractivity contribution is 7.88. The number of hydrogen-bond acceptors (Lipinski definition) is 8. The van der Waals surface area contributed by atoms with Crippen molar-refractivity contribution >= 4 is 21.9 Å². The second kappa shape index (κ2) is 9.25. The van der Waals surface area contributed by atoms with E-state index in [2.05, 4.69) is 14.5 Å². The van der Waals surface area contributed by atoms with E-state index in [4.69, 9.17) is 14.0 Å². The van der Waals surface area contributed by atoms with E-state index >= 15 is 0 Å². The molecular formula is C22H20N4O6S. The smallest absolute Gasteiger partial charge is 0.344 e. The monoisotopic (exact) mass is 468 g/mol. The quantitative estimate of drug-likeness (QED) is 0.485. The minimum absolute atomic E-state index is 0.0224. The van der Waals surface area contributed by atoms with Crippen LogP contribution in [0.25, 0.3) is 11.5 Å². The minimum atomic E-state index is -3.95. The number of aromatic nitrogens is 2. The molecule has 1 aliphatic heterocycles. The molecule has 0 saturated carbocycles. The number of methoxy groups -OCH3 is 1. The largest absolute Gasteiger partial charge is 0.496 e. The maximum atomic E-state index is 12.7. The van der Waals surface area contributed by atoms with Gasteiger partial charge in [-0.15, -0.1) is 4.40 Å². The van der Waals surface area contributed by atoms with E-state index in [1.54, 1.807) is 42.5 Å². The third-order valence-electron chi connectivity index (χ3n) is 4.75. The summed E-state index contributed by atoms with van der Waals surface area (Å²) in [6.07, 6.45) is 1.23. The van der Waals surface area contributed by atoms with Crippen molar-refractivity contribution in [3.05, 3.63) is 77.8 Å². The van der Waals surface area contributed by atoms with Crippen molar-refractivity contribution in [3.63, 3.8) is 0 Å². The number of benzene rings is 2. The van der Waals surface area contributed by atoms with E-state index < -0.39 is 16.2 Å². The summed E-state index contributed by atoms with van der Waals surface area (Å²) in [6, 6.07) is 16.1. The van der Waals surface area contributed by atoms with Gasteiger partial charge in [0.25, 0.3) is 5.89 Å². The van der Waals surface area contributed by atoms with Gasteiger partial charge in [-0.3, -0.25) is 4.31 Å². The molecule has 0 spiro atoms. The van der Waals surface area contributed by atoms with Gasteiger partial charge in [0.15, 0.2) is 6.61 Å². The van der Waals surface area contributed by atoms with Gasteiger partial charge in [0.1, 0.15) is 5.75 Å². The lowest BCUT2D eigenvalue weighted by Gasteiger charge is -2.23. The van der Waals surface area contributed by atoms with Crippen LogP contribution in [0.3, 0.4) is 0 Å². The first-order valence-electron chi connectivity index (χ1n) is 9.85. The Balaban J connectivity index is 1.48. The fraction of sp³-hybridized carbons (Fsp3) is 0.182. The molecule has 4 rings (SSSR count). The van der Waals surface area contributed by atoms with Crippen LogP contribution in [0.2, 0.25) is 0 Å². The summed E-state index contributed by atoms with van der Waals surface area (Å²) in [5, 5.41) is 3.82. The Kier molecular flexibility index (Phi) is 6.22. The number of para-hydroxylation sites is 1. The number of nitrogens with zero attached hydrogens (tertiary/aromatic N) is 4. The third kappa shape index (κ3) is 4.93. The molecule has 3 aromatic rings. The molecule has 33 heavy (non-hydrogen) atoms. The Bertz CT molecular complexity index is 1330. The van der Waals surface area contributed by atoms with Gasteiger partial charge in [-0.1, -0.05) is 47.6 Å². The molecule has 0 unspecified atom stereocenters. The summed E-state index contributed by atoms with van der Waals surface area (Å²) in [6.45, 7) is 1.19. The van der Waals surface area contributed by atoms with Crippen molar-refractivity contribution in [3.8, 4) is 17.2 Å². The highest BCUT2D eigenvalue weighted by Gasteiger charge is 2.29. The average molecular weight is 468 g/mol. The zero-order chi connectivity index (χ0) is 23.4. The topological polar surface area (TPSA) is 124 Å². The maximum absolute atomic E-state index is 12.7. The Labute approximate surface area is 190 Å². The van der Waals surface area contributed by atoms with Gasteiger partial charge < -0.3 is 14.0 Å². The van der Waals surface area contributed by atoms with E-state index in [1.165, 1.54) is 20.2 Å². The van der Waals surface area contributed by atoms with Gasteiger partial charge in [0.05, 0.1) is 30.5 Å². The zero-order valence-corrected chi connectivity index (χ0v) is 18.7. The van der Waals surface area contributed by atoms with Crippen molar-refractivity contribution in [2.45, 2.75) is 20.1 Å². The molecule has 1 aromatic heterocycles. The molecule has 0 bridgehead atoms. The first-order valence-corrected chi connectivity index (χ1v) is 11.2. The standard InChI is InChI=1S/C22H20N4O6S/c1-15-18(13-26(33(28,29)25-15)12-16-8-4-3-5-9-16)22(27)31-14-20-23-21(32-24-20)17-10-6-7-11-19(17)30-2/h3-11,13H,12,14H2,1-2H3. The van der Waals surface area contributed by atoms with Gasteiger partial charge in [-0.05, 0) is 24.6 Å². The first-order chi connectivity index (χ1) is 15.9. The van der Waals surface area contributed by atoms with Crippen LogP contribution in [0, 0.1) is 0 Å². The van der Waals surface area contributed by atoms with Gasteiger partial charge in [-0.25, -0.2) is 4.79 Å². The lowest BCUT2D eigenvalue weighted by Crippen LogP contribution is -2.31. The second-order valence-electron chi connectivity index (χ2n) is 7.02. The van der Waals surface area contributed by atoms with E-state index in [1.807, 2.05) is 12.1 Å². The second-order valence-corrected chi connectivity index (χ2v) is 8.57. The molecule has 10 nitrogen and oxygen atoms in total. The van der Waals surface area contributed by atoms with Crippen molar-refractivity contribution in [2.24, 2.45) is 4.40 Å². The number of rotatable bonds is 7. The predicted molar refractivity (Wildman–Crippen MR) is 118 cm³/mol. The summed E-state index contributed by atoms with van der Waals surface area (Å²) in [5.41, 5.74) is 1.40. The Morgan fingerprint density at radius 1 is 1.09 bits per heavy atom. The minimum Gasteiger partial charge on any atom is -0.496 e. The van der Waals surface area contributed by atoms with E-state index in [-0.39, 0.29) is 36.2 Å². The van der Waals surface area contributed by atoms with Crippen LogP contribution in [0.5, 0.6) is 5.75 Å². The third-order valence-corrected chi connectivity index (χ3v) is 6.08. The summed E-state index contributed by atoms with van der Waals surface area (Å²) >= 11 is 0. The first kappa shape index (κ1) is 22.2. The van der Waals surface area contributed by atoms with Crippen LogP contribution in [0.1, 0.15) is 18.3 Å². The molecule has 0 amide bonds. The molecule has 2 aromatic carbocycles. The van der Waals surface area contributed by atoms with Crippen molar-refractivity contribution in [1.82, 2.24) is 14.4 Å². The SMILES string of the molecule is COc1ccccc1-c1nc(COC(=O)C2=CN(Cc3ccccc3)S(=O)(=O)N=C2C)no1. The highest BCUT2D eigenvalue weighted by atomic mass is 32.2. The van der Waals surface area contributed by atoms with Crippen LogP contribution in [-0.4, -0.2) is 41.7 Å². The number of esters is 1. The van der Waals surface area contributed by atoms with Crippen LogP contribution in [0.4, 0.5) is 0 Å². The van der Waals surface area contributed by atoms with Crippen molar-refractivity contribution in [2.75, 3.05) is 7.11 Å². The van der Waals surface area contributed by atoms with Gasteiger partial charge in [0, 0.05) is 6.20 Å². The van der Waals surface area contributed by atoms with E-state index in [9.17, 15) is 13.2 Å². The molecular weight excluding hydrogens is 448 g/mol. The Hall–Kier alpha value is -3.99. The van der Waals surface area contributed by atoms with E-state index in [0.29, 0.717) is 11.3 Å². The summed E-state index contributed by atoms with van der Waals surface area (Å²) < 4.78 is 45.4. The maximum Gasteiger partial charge on any atom is 0.344 e. The van der Waals surface area contributed by atoms with Crippen molar-refractivity contribution < 1.29 is 27.2 Å². The summed E-state index contributed by atoms with van der Waals surface area (Å²) in [4.78, 5) is 16.9. The Morgan fingerprint density at radius 2 is 1.82 bits per heavy atom. The van der Waals surface area contributed by atoms with Gasteiger partial charge >= 0.3 is 16.2 Å². The number of carbonyl (C=O) groups is 1. The highest BCUT2D eigenvalue weighted by Crippen LogP contribution is 2.28. The Morgan fingerprint density at radius 3 is 2.58 bits per heavy atom. The predicted octanol–water partition coefficient (Wildman–Crippen LogP) is 2.89. The van der Waals surface area contributed by atoms with Crippen LogP contribution < -0.4 is 4.74 Å². The molecule has 0 N–H and O–H groups in total. The summed E-state index contributed by atoms with van der Waals surface area (Å²) in [7, 11) is -2.42. The van der Waals surface area contributed by atoms with Crippen LogP contribution >= 0.6 is 0 Å².